The van der Waals surface area contributed by atoms with E-state index in [0.29, 0.717) is 16.4 Å². The summed E-state index contributed by atoms with van der Waals surface area (Å²) in [6, 6.07) is 8.33. The monoisotopic (exact) mass is 341 g/mol. The summed E-state index contributed by atoms with van der Waals surface area (Å²) in [5.41, 5.74) is 2.68. The zero-order chi connectivity index (χ0) is 17.1. The number of rotatable bonds is 4. The van der Waals surface area contributed by atoms with Crippen LogP contribution in [0.3, 0.4) is 0 Å². The minimum atomic E-state index is -0.365. The minimum absolute atomic E-state index is 0.211. The first-order valence-corrected chi connectivity index (χ1v) is 8.10. The van der Waals surface area contributed by atoms with Gasteiger partial charge in [0.05, 0.1) is 12.0 Å². The van der Waals surface area contributed by atoms with Gasteiger partial charge in [-0.3, -0.25) is 14.9 Å². The van der Waals surface area contributed by atoms with Crippen molar-refractivity contribution < 1.29 is 14.0 Å². The molecule has 1 aromatic carbocycles. The summed E-state index contributed by atoms with van der Waals surface area (Å²) in [5.74, 6) is -0.434. The van der Waals surface area contributed by atoms with Crippen LogP contribution in [0.4, 0.5) is 10.8 Å². The van der Waals surface area contributed by atoms with E-state index < -0.39 is 0 Å². The number of benzene rings is 1. The van der Waals surface area contributed by atoms with E-state index in [4.69, 9.17) is 4.42 Å². The van der Waals surface area contributed by atoms with Gasteiger partial charge in [0.2, 0.25) is 0 Å². The Kier molecular flexibility index (Phi) is 4.43. The Morgan fingerprint density at radius 1 is 1.12 bits per heavy atom. The molecule has 6 nitrogen and oxygen atoms in total. The van der Waals surface area contributed by atoms with E-state index in [-0.39, 0.29) is 17.6 Å². The summed E-state index contributed by atoms with van der Waals surface area (Å²) in [6.45, 7) is 3.71. The summed E-state index contributed by atoms with van der Waals surface area (Å²) < 4.78 is 5.07. The Morgan fingerprint density at radius 2 is 1.96 bits per heavy atom. The zero-order valence-corrected chi connectivity index (χ0v) is 13.9. The predicted octanol–water partition coefficient (Wildman–Crippen LogP) is 3.86. The topological polar surface area (TPSA) is 84.2 Å². The maximum Gasteiger partial charge on any atom is 0.291 e. The Labute approximate surface area is 142 Å². The third-order valence-corrected chi connectivity index (χ3v) is 4.21. The number of thiazole rings is 1. The van der Waals surface area contributed by atoms with E-state index >= 15 is 0 Å². The lowest BCUT2D eigenvalue weighted by atomic mass is 10.1. The molecule has 0 saturated heterocycles. The van der Waals surface area contributed by atoms with Gasteiger partial charge in [-0.15, -0.1) is 11.3 Å². The smallest absolute Gasteiger partial charge is 0.291 e. The maximum atomic E-state index is 12.3. The first-order valence-electron chi connectivity index (χ1n) is 7.22. The van der Waals surface area contributed by atoms with Gasteiger partial charge in [0.25, 0.3) is 11.8 Å². The van der Waals surface area contributed by atoms with E-state index in [1.54, 1.807) is 30.3 Å². The van der Waals surface area contributed by atoms with Crippen LogP contribution < -0.4 is 10.6 Å². The Morgan fingerprint density at radius 3 is 2.62 bits per heavy atom. The molecule has 122 valence electrons. The molecule has 0 saturated carbocycles. The summed E-state index contributed by atoms with van der Waals surface area (Å²) in [4.78, 5) is 28.6. The van der Waals surface area contributed by atoms with Crippen molar-refractivity contribution in [2.75, 3.05) is 10.6 Å². The Balaban J connectivity index is 1.78. The maximum absolute atomic E-state index is 12.3. The van der Waals surface area contributed by atoms with Crippen molar-refractivity contribution in [3.8, 4) is 0 Å². The number of nitrogens with one attached hydrogen (secondary N) is 2. The SMILES string of the molecule is Cc1csc(NC(=O)c2ccc(C)c(NC(=O)c3ccco3)c2)n1. The largest absolute Gasteiger partial charge is 0.459 e. The highest BCUT2D eigenvalue weighted by atomic mass is 32.1. The molecule has 0 spiro atoms. The van der Waals surface area contributed by atoms with Gasteiger partial charge in [0.15, 0.2) is 10.9 Å². The molecule has 0 fully saturated rings. The molecule has 7 heteroatoms. The molecule has 0 atom stereocenters. The average Bonchev–Trinajstić information content (AvgIpc) is 3.21. The number of anilines is 2. The van der Waals surface area contributed by atoms with Crippen LogP contribution >= 0.6 is 11.3 Å². The van der Waals surface area contributed by atoms with Gasteiger partial charge in [-0.05, 0) is 43.7 Å². The Hall–Kier alpha value is -2.93. The fraction of sp³-hybridized carbons (Fsp3) is 0.118. The Bertz CT molecular complexity index is 884. The molecule has 2 aromatic heterocycles. The molecule has 0 aliphatic carbocycles. The molecular weight excluding hydrogens is 326 g/mol. The van der Waals surface area contributed by atoms with Crippen LogP contribution in [0.25, 0.3) is 0 Å². The van der Waals surface area contributed by atoms with Crippen molar-refractivity contribution in [1.82, 2.24) is 4.98 Å². The number of carbonyl (C=O) groups is 2. The quantitative estimate of drug-likeness (QED) is 0.755. The zero-order valence-electron chi connectivity index (χ0n) is 13.1. The van der Waals surface area contributed by atoms with Crippen molar-refractivity contribution >= 4 is 34.0 Å². The van der Waals surface area contributed by atoms with E-state index in [0.717, 1.165) is 11.3 Å². The fourth-order valence-corrected chi connectivity index (χ4v) is 2.75. The van der Waals surface area contributed by atoms with Crippen molar-refractivity contribution in [3.05, 3.63) is 64.6 Å². The number of furan rings is 1. The molecule has 3 rings (SSSR count). The average molecular weight is 341 g/mol. The van der Waals surface area contributed by atoms with Crippen LogP contribution in [0.15, 0.2) is 46.4 Å². The number of hydrogen-bond donors (Lipinski definition) is 2. The lowest BCUT2D eigenvalue weighted by molar-refractivity contribution is 0.0993. The van der Waals surface area contributed by atoms with Gasteiger partial charge < -0.3 is 9.73 Å². The molecule has 0 bridgehead atoms. The van der Waals surface area contributed by atoms with Gasteiger partial charge >= 0.3 is 0 Å². The molecule has 2 N–H and O–H groups in total. The highest BCUT2D eigenvalue weighted by Gasteiger charge is 2.14. The van der Waals surface area contributed by atoms with E-state index in [9.17, 15) is 9.59 Å². The second-order valence-electron chi connectivity index (χ2n) is 5.21. The number of nitrogens with zero attached hydrogens (tertiary/aromatic N) is 1. The number of hydrogen-bond acceptors (Lipinski definition) is 5. The van der Waals surface area contributed by atoms with Crippen LogP contribution in [0, 0.1) is 13.8 Å². The van der Waals surface area contributed by atoms with Gasteiger partial charge in [-0.25, -0.2) is 4.98 Å². The van der Waals surface area contributed by atoms with Crippen molar-refractivity contribution in [2.45, 2.75) is 13.8 Å². The van der Waals surface area contributed by atoms with E-state index in [1.807, 2.05) is 19.2 Å². The molecular formula is C17H15N3O3S. The van der Waals surface area contributed by atoms with E-state index in [1.165, 1.54) is 17.6 Å². The first-order chi connectivity index (χ1) is 11.5. The van der Waals surface area contributed by atoms with Gasteiger partial charge in [0.1, 0.15) is 0 Å². The molecule has 3 aromatic rings. The second-order valence-corrected chi connectivity index (χ2v) is 6.07. The first kappa shape index (κ1) is 15.9. The summed E-state index contributed by atoms with van der Waals surface area (Å²) in [5, 5.41) is 7.90. The predicted molar refractivity (Wildman–Crippen MR) is 92.6 cm³/mol. The highest BCUT2D eigenvalue weighted by Crippen LogP contribution is 2.20. The highest BCUT2D eigenvalue weighted by molar-refractivity contribution is 7.13. The second kappa shape index (κ2) is 6.67. The van der Waals surface area contributed by atoms with Gasteiger partial charge in [-0.1, -0.05) is 6.07 Å². The van der Waals surface area contributed by atoms with Crippen LogP contribution in [0.2, 0.25) is 0 Å². The third kappa shape index (κ3) is 3.52. The number of amides is 2. The van der Waals surface area contributed by atoms with Crippen LogP contribution in [-0.2, 0) is 0 Å². The fourth-order valence-electron chi connectivity index (χ4n) is 2.07. The van der Waals surface area contributed by atoms with E-state index in [2.05, 4.69) is 15.6 Å². The molecule has 2 heterocycles. The number of aromatic nitrogens is 1. The lowest BCUT2D eigenvalue weighted by Crippen LogP contribution is -2.15. The van der Waals surface area contributed by atoms with Crippen molar-refractivity contribution in [3.63, 3.8) is 0 Å². The third-order valence-electron chi connectivity index (χ3n) is 3.33. The van der Waals surface area contributed by atoms with Gasteiger partial charge in [0, 0.05) is 16.6 Å². The number of aryl methyl sites for hydroxylation is 2. The van der Waals surface area contributed by atoms with Crippen molar-refractivity contribution in [1.29, 1.82) is 0 Å². The van der Waals surface area contributed by atoms with Crippen LogP contribution in [0.5, 0.6) is 0 Å². The molecule has 0 radical (unpaired) electrons. The van der Waals surface area contributed by atoms with Crippen LogP contribution in [0.1, 0.15) is 32.2 Å². The summed E-state index contributed by atoms with van der Waals surface area (Å²) >= 11 is 1.36. The molecule has 0 aliphatic heterocycles. The van der Waals surface area contributed by atoms with Crippen molar-refractivity contribution in [2.24, 2.45) is 0 Å². The molecule has 0 unspecified atom stereocenters. The minimum Gasteiger partial charge on any atom is -0.459 e. The van der Waals surface area contributed by atoms with Crippen LogP contribution in [-0.4, -0.2) is 16.8 Å². The molecule has 0 aliphatic rings. The van der Waals surface area contributed by atoms with Gasteiger partial charge in [-0.2, -0.15) is 0 Å². The standard InChI is InChI=1S/C17H15N3O3S/c1-10-5-6-12(15(21)20-17-18-11(2)9-24-17)8-13(10)19-16(22)14-4-3-7-23-14/h3-9H,1-2H3,(H,19,22)(H,18,20,21). The summed E-state index contributed by atoms with van der Waals surface area (Å²) in [6.07, 6.45) is 1.43. The summed E-state index contributed by atoms with van der Waals surface area (Å²) in [7, 11) is 0. The normalized spacial score (nSPS) is 10.4. The molecule has 24 heavy (non-hydrogen) atoms. The number of carbonyl (C=O) groups excluding carboxylic acids is 2. The molecule has 2 amide bonds. The lowest BCUT2D eigenvalue weighted by Gasteiger charge is -2.09.